The fraction of sp³-hybridized carbons (Fsp3) is 0.158. The molecule has 0 saturated carbocycles. The van der Waals surface area contributed by atoms with Crippen LogP contribution < -0.4 is 9.47 Å². The monoisotopic (exact) mass is 692 g/mol. The summed E-state index contributed by atoms with van der Waals surface area (Å²) >= 11 is 2.14. The van der Waals surface area contributed by atoms with E-state index in [-0.39, 0.29) is 31.8 Å². The highest BCUT2D eigenvalue weighted by molar-refractivity contribution is 7.19. The quantitative estimate of drug-likeness (QED) is 0.155. The average molecular weight is 693 g/mol. The zero-order valence-electron chi connectivity index (χ0n) is 25.7. The van der Waals surface area contributed by atoms with E-state index in [1.807, 2.05) is 24.3 Å². The molecule has 4 aromatic carbocycles. The van der Waals surface area contributed by atoms with Gasteiger partial charge in [-0.25, -0.2) is 0 Å². The Morgan fingerprint density at radius 2 is 1.08 bits per heavy atom. The number of rotatable bonds is 7. The van der Waals surface area contributed by atoms with E-state index < -0.39 is 28.9 Å². The van der Waals surface area contributed by atoms with Gasteiger partial charge in [-0.1, -0.05) is 54.6 Å². The van der Waals surface area contributed by atoms with Gasteiger partial charge in [-0.3, -0.25) is 0 Å². The Labute approximate surface area is 280 Å². The number of hydrogen-bond acceptors (Lipinski definition) is 4. The Kier molecular flexibility index (Phi) is 7.71. The molecular weight excluding hydrogens is 667 g/mol. The number of benzene rings is 4. The van der Waals surface area contributed by atoms with Crippen LogP contribution in [0.3, 0.4) is 0 Å². The van der Waals surface area contributed by atoms with Crippen LogP contribution in [0.4, 0.5) is 26.3 Å². The van der Waals surface area contributed by atoms with Crippen LogP contribution in [0.15, 0.2) is 103 Å². The van der Waals surface area contributed by atoms with Gasteiger partial charge in [-0.15, -0.1) is 22.7 Å². The van der Waals surface area contributed by atoms with Crippen molar-refractivity contribution in [1.29, 1.82) is 0 Å². The minimum Gasteiger partial charge on any atom is -0.457 e. The molecule has 6 aromatic rings. The highest BCUT2D eigenvalue weighted by Gasteiger charge is 2.80. The third-order valence-corrected chi connectivity index (χ3v) is 10.7. The zero-order chi connectivity index (χ0) is 34.0. The molecule has 2 heterocycles. The van der Waals surface area contributed by atoms with Crippen molar-refractivity contribution in [3.8, 4) is 33.4 Å². The zero-order valence-corrected chi connectivity index (χ0v) is 27.3. The standard InChI is InChI=1S/C38H26F6O2S2/c1-21-31(33-34(37(41,42)38(43,44)36(33,39)40)32-23(3)47-30-17-11-10-16-28(30)32)22(2)48-35(21)27-19-18-26(45-24-12-6-4-7-13-24)20-29(27)46-25-14-8-5-9-15-25/h4-20H,1-3H3. The van der Waals surface area contributed by atoms with E-state index in [0.29, 0.717) is 38.1 Å². The first kappa shape index (κ1) is 32.0. The molecule has 0 spiro atoms. The van der Waals surface area contributed by atoms with Gasteiger partial charge >= 0.3 is 17.8 Å². The number of allylic oxidation sites excluding steroid dienone is 2. The molecule has 10 heteroatoms. The van der Waals surface area contributed by atoms with Crippen LogP contribution in [-0.2, 0) is 0 Å². The number of aryl methyl sites for hydroxylation is 2. The lowest BCUT2D eigenvalue weighted by Gasteiger charge is -2.26. The van der Waals surface area contributed by atoms with Gasteiger partial charge in [0.25, 0.3) is 0 Å². The fourth-order valence-corrected chi connectivity index (χ4v) is 8.49. The first-order valence-electron chi connectivity index (χ1n) is 14.9. The Hall–Kier alpha value is -4.54. The van der Waals surface area contributed by atoms with Crippen LogP contribution in [0, 0.1) is 20.8 Å². The Bertz CT molecular complexity index is 2200. The summed E-state index contributed by atoms with van der Waals surface area (Å²) in [6.45, 7) is 4.46. The van der Waals surface area contributed by atoms with Crippen molar-refractivity contribution in [3.05, 3.63) is 130 Å². The van der Waals surface area contributed by atoms with Crippen LogP contribution in [0.5, 0.6) is 23.0 Å². The number of halogens is 6. The van der Waals surface area contributed by atoms with Crippen molar-refractivity contribution in [2.45, 2.75) is 38.5 Å². The summed E-state index contributed by atoms with van der Waals surface area (Å²) in [5.41, 5.74) is -2.68. The molecule has 48 heavy (non-hydrogen) atoms. The van der Waals surface area contributed by atoms with Crippen LogP contribution >= 0.6 is 22.7 Å². The van der Waals surface area contributed by atoms with E-state index in [4.69, 9.17) is 9.47 Å². The van der Waals surface area contributed by atoms with Crippen molar-refractivity contribution in [2.75, 3.05) is 0 Å². The van der Waals surface area contributed by atoms with Crippen molar-refractivity contribution in [3.63, 3.8) is 0 Å². The Morgan fingerprint density at radius 1 is 0.542 bits per heavy atom. The molecule has 7 rings (SSSR count). The van der Waals surface area contributed by atoms with Crippen molar-refractivity contribution in [1.82, 2.24) is 0 Å². The highest BCUT2D eigenvalue weighted by atomic mass is 32.1. The summed E-state index contributed by atoms with van der Waals surface area (Å²) in [7, 11) is 0. The van der Waals surface area contributed by atoms with E-state index in [2.05, 4.69) is 0 Å². The minimum absolute atomic E-state index is 0.157. The topological polar surface area (TPSA) is 18.5 Å². The van der Waals surface area contributed by atoms with Gasteiger partial charge in [0.15, 0.2) is 0 Å². The molecule has 0 fully saturated rings. The molecule has 0 radical (unpaired) electrons. The predicted molar refractivity (Wildman–Crippen MR) is 180 cm³/mol. The molecular formula is C38H26F6O2S2. The van der Waals surface area contributed by atoms with E-state index in [9.17, 15) is 0 Å². The first-order valence-corrected chi connectivity index (χ1v) is 16.5. The predicted octanol–water partition coefficient (Wildman–Crippen LogP) is 13.0. The molecule has 0 aliphatic heterocycles. The number of alkyl halides is 6. The maximum atomic E-state index is 16.0. The van der Waals surface area contributed by atoms with E-state index in [1.54, 1.807) is 72.8 Å². The molecule has 0 unspecified atom stereocenters. The summed E-state index contributed by atoms with van der Waals surface area (Å²) < 4.78 is 107. The lowest BCUT2D eigenvalue weighted by molar-refractivity contribution is -0.254. The maximum Gasteiger partial charge on any atom is 0.380 e. The smallest absolute Gasteiger partial charge is 0.380 e. The molecule has 2 nitrogen and oxygen atoms in total. The van der Waals surface area contributed by atoms with Gasteiger partial charge in [0.1, 0.15) is 23.0 Å². The van der Waals surface area contributed by atoms with Crippen LogP contribution in [-0.4, -0.2) is 17.8 Å². The van der Waals surface area contributed by atoms with Crippen molar-refractivity contribution in [2.24, 2.45) is 0 Å². The Morgan fingerprint density at radius 3 is 1.73 bits per heavy atom. The summed E-state index contributed by atoms with van der Waals surface area (Å²) in [5, 5.41) is 0.221. The summed E-state index contributed by atoms with van der Waals surface area (Å²) in [4.78, 5) is 0.846. The minimum atomic E-state index is -5.67. The third kappa shape index (κ3) is 4.92. The molecule has 0 N–H and O–H groups in total. The van der Waals surface area contributed by atoms with Gasteiger partial charge in [-0.2, -0.15) is 26.3 Å². The lowest BCUT2D eigenvalue weighted by Crippen LogP contribution is -2.49. The second-order valence-electron chi connectivity index (χ2n) is 11.5. The molecule has 0 bridgehead atoms. The number of para-hydroxylation sites is 2. The summed E-state index contributed by atoms with van der Waals surface area (Å²) in [6.07, 6.45) is 0. The van der Waals surface area contributed by atoms with Crippen molar-refractivity contribution >= 4 is 43.9 Å². The Balaban J connectivity index is 1.45. The molecule has 2 aromatic heterocycles. The van der Waals surface area contributed by atoms with Gasteiger partial charge < -0.3 is 9.47 Å². The van der Waals surface area contributed by atoms with Crippen molar-refractivity contribution < 1.29 is 35.8 Å². The van der Waals surface area contributed by atoms with Gasteiger partial charge in [0.05, 0.1) is 0 Å². The van der Waals surface area contributed by atoms with E-state index in [1.165, 1.54) is 26.8 Å². The highest BCUT2D eigenvalue weighted by Crippen LogP contribution is 2.67. The summed E-state index contributed by atoms with van der Waals surface area (Å²) in [5.74, 6) is -14.2. The van der Waals surface area contributed by atoms with Gasteiger partial charge in [0.2, 0.25) is 0 Å². The lowest BCUT2D eigenvalue weighted by atomic mass is 9.90. The normalized spacial score (nSPS) is 16.4. The van der Waals surface area contributed by atoms with Gasteiger partial charge in [0, 0.05) is 58.6 Å². The van der Waals surface area contributed by atoms with E-state index >= 15 is 26.3 Å². The van der Waals surface area contributed by atoms with E-state index in [0.717, 1.165) is 22.7 Å². The molecule has 1 aliphatic carbocycles. The van der Waals surface area contributed by atoms with Gasteiger partial charge in [-0.05, 0) is 68.8 Å². The number of ether oxygens (including phenoxy) is 2. The fourth-order valence-electron chi connectivity index (χ4n) is 6.22. The molecule has 1 aliphatic rings. The molecule has 0 amide bonds. The maximum absolute atomic E-state index is 16.0. The largest absolute Gasteiger partial charge is 0.457 e. The number of fused-ring (bicyclic) bond motifs is 1. The molecule has 0 atom stereocenters. The SMILES string of the molecule is Cc1sc(-c2ccc(Oc3ccccc3)cc2Oc2ccccc2)c(C)c1C1=C(c2c(C)sc3ccccc23)C(F)(F)C(F)(F)C1(F)F. The number of thiophene rings is 2. The van der Waals surface area contributed by atoms with Crippen LogP contribution in [0.1, 0.15) is 26.4 Å². The van der Waals surface area contributed by atoms with Crippen LogP contribution in [0.25, 0.3) is 31.7 Å². The van der Waals surface area contributed by atoms with Crippen LogP contribution in [0.2, 0.25) is 0 Å². The average Bonchev–Trinajstić information content (AvgIpc) is 3.57. The second kappa shape index (κ2) is 11.6. The molecule has 0 saturated heterocycles. The first-order chi connectivity index (χ1) is 22.8. The summed E-state index contributed by atoms with van der Waals surface area (Å²) in [6, 6.07) is 29.3. The third-order valence-electron chi connectivity index (χ3n) is 8.41. The molecule has 244 valence electrons. The number of hydrogen-bond donors (Lipinski definition) is 0. The second-order valence-corrected chi connectivity index (χ2v) is 14.0.